The average molecular weight is 255 g/mol. The van der Waals surface area contributed by atoms with Crippen molar-refractivity contribution in [2.24, 2.45) is 0 Å². The summed E-state index contributed by atoms with van der Waals surface area (Å²) in [6.07, 6.45) is 0.712. The first-order valence-electron chi connectivity index (χ1n) is 5.59. The normalized spacial score (nSPS) is 9.68. The van der Waals surface area contributed by atoms with Gasteiger partial charge in [-0.15, -0.1) is 0 Å². The Kier molecular flexibility index (Phi) is 3.89. The van der Waals surface area contributed by atoms with Crippen molar-refractivity contribution in [3.63, 3.8) is 0 Å². The van der Waals surface area contributed by atoms with Crippen LogP contribution in [0.4, 0.5) is 4.39 Å². The van der Waals surface area contributed by atoms with Crippen LogP contribution < -0.4 is 4.74 Å². The third-order valence-corrected chi connectivity index (χ3v) is 2.56. The van der Waals surface area contributed by atoms with Crippen LogP contribution in [0.1, 0.15) is 21.5 Å². The predicted molar refractivity (Wildman–Crippen MR) is 67.3 cm³/mol. The summed E-state index contributed by atoms with van der Waals surface area (Å²) in [6.45, 7) is 0.00363. The third-order valence-electron chi connectivity index (χ3n) is 2.56. The molecule has 0 N–H and O–H groups in total. The number of rotatable bonds is 4. The van der Waals surface area contributed by atoms with Gasteiger partial charge in [-0.25, -0.2) is 4.39 Å². The van der Waals surface area contributed by atoms with Gasteiger partial charge in [-0.05, 0) is 30.3 Å². The minimum atomic E-state index is -0.425. The van der Waals surface area contributed by atoms with Crippen LogP contribution in [0.2, 0.25) is 0 Å². The highest BCUT2D eigenvalue weighted by molar-refractivity contribution is 5.75. The fourth-order valence-electron chi connectivity index (χ4n) is 1.59. The Bertz CT molecular complexity index is 647. The molecule has 0 spiro atoms. The van der Waals surface area contributed by atoms with E-state index in [1.165, 1.54) is 18.2 Å². The smallest absolute Gasteiger partial charge is 0.150 e. The van der Waals surface area contributed by atoms with Crippen LogP contribution in [0.3, 0.4) is 0 Å². The summed E-state index contributed by atoms with van der Waals surface area (Å²) < 4.78 is 18.9. The summed E-state index contributed by atoms with van der Waals surface area (Å²) in [4.78, 5) is 10.6. The highest BCUT2D eigenvalue weighted by Gasteiger charge is 2.05. The topological polar surface area (TPSA) is 50.1 Å². The van der Waals surface area contributed by atoms with E-state index >= 15 is 0 Å². The molecule has 0 heterocycles. The van der Waals surface area contributed by atoms with Crippen molar-refractivity contribution >= 4 is 6.29 Å². The van der Waals surface area contributed by atoms with Gasteiger partial charge in [0.15, 0.2) is 0 Å². The van der Waals surface area contributed by atoms with Gasteiger partial charge in [-0.3, -0.25) is 4.79 Å². The number of nitriles is 1. The number of nitrogens with zero attached hydrogens (tertiary/aromatic N) is 1. The number of carbonyl (C=O) groups is 1. The molecule has 0 aliphatic heterocycles. The van der Waals surface area contributed by atoms with Crippen molar-refractivity contribution in [1.82, 2.24) is 0 Å². The number of ether oxygens (including phenoxy) is 1. The van der Waals surface area contributed by atoms with Crippen molar-refractivity contribution in [3.8, 4) is 11.8 Å². The molecule has 0 aliphatic rings. The zero-order valence-electron chi connectivity index (χ0n) is 9.97. The molecular formula is C15H10FNO2. The highest BCUT2D eigenvalue weighted by Crippen LogP contribution is 2.16. The maximum Gasteiger partial charge on any atom is 0.150 e. The first kappa shape index (κ1) is 12.8. The molecule has 2 aromatic rings. The minimum absolute atomic E-state index is 0.00363. The quantitative estimate of drug-likeness (QED) is 0.789. The number of halogens is 1. The molecule has 19 heavy (non-hydrogen) atoms. The van der Waals surface area contributed by atoms with Crippen molar-refractivity contribution in [2.75, 3.05) is 0 Å². The third kappa shape index (κ3) is 3.17. The molecule has 0 atom stereocenters. The van der Waals surface area contributed by atoms with Gasteiger partial charge < -0.3 is 4.74 Å². The van der Waals surface area contributed by atoms with Gasteiger partial charge in [0.1, 0.15) is 24.5 Å². The van der Waals surface area contributed by atoms with E-state index in [4.69, 9.17) is 10.00 Å². The number of hydrogen-bond donors (Lipinski definition) is 0. The van der Waals surface area contributed by atoms with Gasteiger partial charge in [-0.1, -0.05) is 12.1 Å². The Morgan fingerprint density at radius 2 is 2.11 bits per heavy atom. The van der Waals surface area contributed by atoms with Gasteiger partial charge in [0.2, 0.25) is 0 Å². The molecule has 0 aromatic heterocycles. The van der Waals surface area contributed by atoms with E-state index in [2.05, 4.69) is 0 Å². The average Bonchev–Trinajstić information content (AvgIpc) is 2.46. The number of benzene rings is 2. The number of carbonyl (C=O) groups excluding carboxylic acids is 1. The lowest BCUT2D eigenvalue weighted by molar-refractivity contribution is 0.112. The SMILES string of the molecule is N#Cc1ccc(F)c(COc2cccc(C=O)c2)c1. The van der Waals surface area contributed by atoms with Crippen LogP contribution in [-0.4, -0.2) is 6.29 Å². The first-order chi connectivity index (χ1) is 9.22. The second-order valence-electron chi connectivity index (χ2n) is 3.90. The lowest BCUT2D eigenvalue weighted by Gasteiger charge is -2.07. The van der Waals surface area contributed by atoms with Gasteiger partial charge in [-0.2, -0.15) is 5.26 Å². The molecule has 2 aromatic carbocycles. The fraction of sp³-hybridized carbons (Fsp3) is 0.0667. The van der Waals surface area contributed by atoms with E-state index in [1.807, 2.05) is 6.07 Å². The molecule has 0 amide bonds. The largest absolute Gasteiger partial charge is 0.489 e. The molecule has 0 aliphatic carbocycles. The monoisotopic (exact) mass is 255 g/mol. The van der Waals surface area contributed by atoms with E-state index in [1.54, 1.807) is 24.3 Å². The van der Waals surface area contributed by atoms with E-state index < -0.39 is 5.82 Å². The maximum absolute atomic E-state index is 13.5. The number of aldehydes is 1. The molecule has 0 bridgehead atoms. The Hall–Kier alpha value is -2.67. The van der Waals surface area contributed by atoms with Gasteiger partial charge in [0.25, 0.3) is 0 Å². The van der Waals surface area contributed by atoms with Crippen LogP contribution in [-0.2, 0) is 6.61 Å². The molecule has 0 saturated heterocycles. The highest BCUT2D eigenvalue weighted by atomic mass is 19.1. The lowest BCUT2D eigenvalue weighted by atomic mass is 10.1. The van der Waals surface area contributed by atoms with Crippen molar-refractivity contribution < 1.29 is 13.9 Å². The molecule has 0 fully saturated rings. The van der Waals surface area contributed by atoms with E-state index in [9.17, 15) is 9.18 Å². The van der Waals surface area contributed by atoms with Gasteiger partial charge >= 0.3 is 0 Å². The van der Waals surface area contributed by atoms with Crippen LogP contribution >= 0.6 is 0 Å². The summed E-state index contributed by atoms with van der Waals surface area (Å²) in [5, 5.41) is 8.75. The Balaban J connectivity index is 2.14. The van der Waals surface area contributed by atoms with E-state index in [0.29, 0.717) is 28.7 Å². The van der Waals surface area contributed by atoms with Crippen LogP contribution in [0.15, 0.2) is 42.5 Å². The van der Waals surface area contributed by atoms with Crippen molar-refractivity contribution in [3.05, 3.63) is 65.0 Å². The zero-order chi connectivity index (χ0) is 13.7. The molecule has 94 valence electrons. The minimum Gasteiger partial charge on any atom is -0.489 e. The second kappa shape index (κ2) is 5.78. The molecule has 3 nitrogen and oxygen atoms in total. The zero-order valence-corrected chi connectivity index (χ0v) is 9.97. The van der Waals surface area contributed by atoms with Crippen molar-refractivity contribution in [1.29, 1.82) is 5.26 Å². The summed E-state index contributed by atoms with van der Waals surface area (Å²) in [5.74, 6) is 0.0527. The molecule has 2 rings (SSSR count). The second-order valence-corrected chi connectivity index (χ2v) is 3.90. The summed E-state index contributed by atoms with van der Waals surface area (Å²) in [6, 6.07) is 12.6. The maximum atomic E-state index is 13.5. The summed E-state index contributed by atoms with van der Waals surface area (Å²) >= 11 is 0. The van der Waals surface area contributed by atoms with Crippen molar-refractivity contribution in [2.45, 2.75) is 6.61 Å². The van der Waals surface area contributed by atoms with Gasteiger partial charge in [0, 0.05) is 11.1 Å². The van der Waals surface area contributed by atoms with E-state index in [0.717, 1.165) is 0 Å². The number of hydrogen-bond acceptors (Lipinski definition) is 3. The molecular weight excluding hydrogens is 245 g/mol. The molecule has 0 unspecified atom stereocenters. The van der Waals surface area contributed by atoms with Gasteiger partial charge in [0.05, 0.1) is 11.6 Å². The Morgan fingerprint density at radius 3 is 2.84 bits per heavy atom. The fourth-order valence-corrected chi connectivity index (χ4v) is 1.59. The molecule has 4 heteroatoms. The molecule has 0 saturated carbocycles. The predicted octanol–water partition coefficient (Wildman–Crippen LogP) is 3.09. The summed E-state index contributed by atoms with van der Waals surface area (Å²) in [7, 11) is 0. The van der Waals surface area contributed by atoms with Crippen LogP contribution in [0.25, 0.3) is 0 Å². The standard InChI is InChI=1S/C15H10FNO2/c16-15-5-4-11(8-17)6-13(15)10-19-14-3-1-2-12(7-14)9-18/h1-7,9H,10H2. The Morgan fingerprint density at radius 1 is 1.26 bits per heavy atom. The molecule has 0 radical (unpaired) electrons. The Labute approximate surface area is 109 Å². The summed E-state index contributed by atoms with van der Waals surface area (Å²) in [5.41, 5.74) is 1.17. The van der Waals surface area contributed by atoms with Crippen LogP contribution in [0, 0.1) is 17.1 Å². The van der Waals surface area contributed by atoms with Crippen LogP contribution in [0.5, 0.6) is 5.75 Å². The lowest BCUT2D eigenvalue weighted by Crippen LogP contribution is -1.99. The first-order valence-corrected chi connectivity index (χ1v) is 5.59. The van der Waals surface area contributed by atoms with E-state index in [-0.39, 0.29) is 6.61 Å².